The third kappa shape index (κ3) is 1.83. The van der Waals surface area contributed by atoms with Crippen LogP contribution in [0.5, 0.6) is 0 Å². The summed E-state index contributed by atoms with van der Waals surface area (Å²) in [5, 5.41) is 28.5. The van der Waals surface area contributed by atoms with E-state index in [0.717, 1.165) is 0 Å². The Bertz CT molecular complexity index is 653. The molecule has 0 bridgehead atoms. The molecule has 0 saturated carbocycles. The number of hydrogen-bond donors (Lipinski definition) is 5. The summed E-state index contributed by atoms with van der Waals surface area (Å²) in [7, 11) is 0. The summed E-state index contributed by atoms with van der Waals surface area (Å²) in [5.41, 5.74) is -0.0396. The van der Waals surface area contributed by atoms with Crippen LogP contribution in [0.1, 0.15) is 11.9 Å². The summed E-state index contributed by atoms with van der Waals surface area (Å²) < 4.78 is 5.31. The lowest BCUT2D eigenvalue weighted by Crippen LogP contribution is -2.32. The molecule has 2 aromatic rings. The number of H-pyrrole nitrogens is 2. The van der Waals surface area contributed by atoms with Crippen molar-refractivity contribution in [3.8, 4) is 0 Å². The first-order valence-electron chi connectivity index (χ1n) is 5.67. The molecule has 1 unspecified atom stereocenters. The molecule has 0 spiro atoms. The van der Waals surface area contributed by atoms with E-state index in [0.29, 0.717) is 0 Å². The molecule has 9 heteroatoms. The summed E-state index contributed by atoms with van der Waals surface area (Å²) in [5.74, 6) is 0.182. The SMILES string of the molecule is O=c1[nH]cnc2nc(C3O[C@@H](CO)[C@H](O)[C@@H]3O)[nH]c12. The minimum atomic E-state index is -1.24. The number of fused-ring (bicyclic) bond motifs is 1. The number of rotatable bonds is 2. The van der Waals surface area contributed by atoms with Crippen LogP contribution in [-0.4, -0.2) is 60.2 Å². The molecule has 1 saturated heterocycles. The number of aliphatic hydroxyl groups excluding tert-OH is 3. The van der Waals surface area contributed by atoms with E-state index in [1.165, 1.54) is 6.33 Å². The molecule has 0 aliphatic carbocycles. The van der Waals surface area contributed by atoms with E-state index in [2.05, 4.69) is 19.9 Å². The Morgan fingerprint density at radius 1 is 1.37 bits per heavy atom. The zero-order valence-corrected chi connectivity index (χ0v) is 9.65. The van der Waals surface area contributed by atoms with Gasteiger partial charge in [-0.25, -0.2) is 9.97 Å². The highest BCUT2D eigenvalue weighted by Gasteiger charge is 2.44. The predicted molar refractivity (Wildman–Crippen MR) is 61.2 cm³/mol. The van der Waals surface area contributed by atoms with Gasteiger partial charge in [-0.3, -0.25) is 4.79 Å². The standard InChI is InChI=1S/C10H12N4O5/c15-1-3-5(16)6(17)7(19-3)9-13-4-8(14-9)11-2-12-10(4)18/h2-3,5-7,15-17H,1H2,(H2,11,12,13,14,18)/t3-,5-,6-,7?/m0/s1. The van der Waals surface area contributed by atoms with Gasteiger partial charge in [-0.15, -0.1) is 0 Å². The van der Waals surface area contributed by atoms with Crippen molar-refractivity contribution in [2.24, 2.45) is 0 Å². The number of imidazole rings is 1. The smallest absolute Gasteiger partial charge is 0.276 e. The average Bonchev–Trinajstić information content (AvgIpc) is 2.94. The predicted octanol–water partition coefficient (Wildman–Crippen LogP) is -2.20. The number of hydrogen-bond acceptors (Lipinski definition) is 7. The molecule has 0 amide bonds. The molecule has 2 aromatic heterocycles. The van der Waals surface area contributed by atoms with Gasteiger partial charge in [0, 0.05) is 0 Å². The third-order valence-corrected chi connectivity index (χ3v) is 3.12. The maximum absolute atomic E-state index is 11.5. The molecule has 0 radical (unpaired) electrons. The van der Waals surface area contributed by atoms with Crippen molar-refractivity contribution in [2.45, 2.75) is 24.4 Å². The molecule has 9 nitrogen and oxygen atoms in total. The zero-order valence-electron chi connectivity index (χ0n) is 9.65. The Hall–Kier alpha value is -1.81. The maximum atomic E-state index is 11.5. The molecule has 0 aromatic carbocycles. The van der Waals surface area contributed by atoms with Crippen molar-refractivity contribution in [1.29, 1.82) is 0 Å². The van der Waals surface area contributed by atoms with Gasteiger partial charge in [0.1, 0.15) is 30.2 Å². The maximum Gasteiger partial charge on any atom is 0.276 e. The fraction of sp³-hybridized carbons (Fsp3) is 0.500. The topological polar surface area (TPSA) is 144 Å². The van der Waals surface area contributed by atoms with E-state index in [9.17, 15) is 15.0 Å². The van der Waals surface area contributed by atoms with Crippen LogP contribution in [0.4, 0.5) is 0 Å². The van der Waals surface area contributed by atoms with E-state index in [1.54, 1.807) is 0 Å². The first-order chi connectivity index (χ1) is 9.11. The van der Waals surface area contributed by atoms with E-state index in [4.69, 9.17) is 9.84 Å². The average molecular weight is 268 g/mol. The Labute approximate surface area is 105 Å². The lowest BCUT2D eigenvalue weighted by molar-refractivity contribution is -0.0249. The summed E-state index contributed by atoms with van der Waals surface area (Å²) in [6.07, 6.45) is -3.07. The van der Waals surface area contributed by atoms with E-state index < -0.39 is 36.6 Å². The van der Waals surface area contributed by atoms with Gasteiger partial charge in [-0.2, -0.15) is 0 Å². The normalized spacial score (nSPS) is 31.1. The van der Waals surface area contributed by atoms with Crippen LogP contribution < -0.4 is 5.56 Å². The minimum Gasteiger partial charge on any atom is -0.394 e. The summed E-state index contributed by atoms with van der Waals surface area (Å²) in [6, 6.07) is 0. The minimum absolute atomic E-state index is 0.162. The van der Waals surface area contributed by atoms with Crippen LogP contribution in [0.2, 0.25) is 0 Å². The third-order valence-electron chi connectivity index (χ3n) is 3.12. The molecule has 19 heavy (non-hydrogen) atoms. The number of aromatic nitrogens is 4. The van der Waals surface area contributed by atoms with Crippen LogP contribution in [-0.2, 0) is 4.74 Å². The van der Waals surface area contributed by atoms with Crippen molar-refractivity contribution < 1.29 is 20.1 Å². The quantitative estimate of drug-likeness (QED) is 0.415. The van der Waals surface area contributed by atoms with Gasteiger partial charge in [0.05, 0.1) is 12.9 Å². The van der Waals surface area contributed by atoms with Gasteiger partial charge in [0.25, 0.3) is 5.56 Å². The van der Waals surface area contributed by atoms with Crippen LogP contribution in [0.25, 0.3) is 11.2 Å². The molecular weight excluding hydrogens is 256 g/mol. The molecule has 5 N–H and O–H groups in total. The Balaban J connectivity index is 2.01. The zero-order chi connectivity index (χ0) is 13.6. The highest BCUT2D eigenvalue weighted by molar-refractivity contribution is 5.68. The molecule has 3 heterocycles. The van der Waals surface area contributed by atoms with Gasteiger partial charge < -0.3 is 30.0 Å². The Morgan fingerprint density at radius 2 is 2.16 bits per heavy atom. The fourth-order valence-corrected chi connectivity index (χ4v) is 2.12. The lowest BCUT2D eigenvalue weighted by atomic mass is 10.1. The van der Waals surface area contributed by atoms with Crippen LogP contribution in [0, 0.1) is 0 Å². The molecule has 1 aliphatic heterocycles. The molecule has 3 rings (SSSR count). The van der Waals surface area contributed by atoms with Gasteiger partial charge in [-0.1, -0.05) is 0 Å². The number of nitrogens with one attached hydrogen (secondary N) is 2. The van der Waals surface area contributed by atoms with Crippen molar-refractivity contribution in [2.75, 3.05) is 6.61 Å². The first kappa shape index (κ1) is 12.2. The monoisotopic (exact) mass is 268 g/mol. The number of ether oxygens (including phenoxy) is 1. The van der Waals surface area contributed by atoms with Gasteiger partial charge in [0.15, 0.2) is 11.2 Å². The Kier molecular flexibility index (Phi) is 2.82. The molecular formula is C10H12N4O5. The summed E-state index contributed by atoms with van der Waals surface area (Å²) in [6.45, 7) is -0.423. The molecule has 4 atom stereocenters. The van der Waals surface area contributed by atoms with Gasteiger partial charge in [0.2, 0.25) is 0 Å². The highest BCUT2D eigenvalue weighted by atomic mass is 16.6. The largest absolute Gasteiger partial charge is 0.394 e. The van der Waals surface area contributed by atoms with Gasteiger partial charge in [-0.05, 0) is 0 Å². The second kappa shape index (κ2) is 4.38. The van der Waals surface area contributed by atoms with Gasteiger partial charge >= 0.3 is 0 Å². The van der Waals surface area contributed by atoms with Crippen LogP contribution in [0.15, 0.2) is 11.1 Å². The first-order valence-corrected chi connectivity index (χ1v) is 5.67. The van der Waals surface area contributed by atoms with Crippen LogP contribution >= 0.6 is 0 Å². The highest BCUT2D eigenvalue weighted by Crippen LogP contribution is 2.32. The van der Waals surface area contributed by atoms with Crippen molar-refractivity contribution in [1.82, 2.24) is 19.9 Å². The summed E-state index contributed by atoms with van der Waals surface area (Å²) >= 11 is 0. The van der Waals surface area contributed by atoms with Crippen molar-refractivity contribution in [3.63, 3.8) is 0 Å². The van der Waals surface area contributed by atoms with Crippen LogP contribution in [0.3, 0.4) is 0 Å². The summed E-state index contributed by atoms with van der Waals surface area (Å²) in [4.78, 5) is 24.5. The fourth-order valence-electron chi connectivity index (χ4n) is 2.12. The van der Waals surface area contributed by atoms with Crippen molar-refractivity contribution >= 4 is 11.2 Å². The van der Waals surface area contributed by atoms with E-state index >= 15 is 0 Å². The van der Waals surface area contributed by atoms with Crippen molar-refractivity contribution in [3.05, 3.63) is 22.5 Å². The second-order valence-electron chi connectivity index (χ2n) is 4.31. The van der Waals surface area contributed by atoms with E-state index in [-0.39, 0.29) is 17.0 Å². The second-order valence-corrected chi connectivity index (χ2v) is 4.31. The molecule has 1 aliphatic rings. The Morgan fingerprint density at radius 3 is 2.79 bits per heavy atom. The number of aliphatic hydroxyl groups is 3. The molecule has 102 valence electrons. The number of nitrogens with zero attached hydrogens (tertiary/aromatic N) is 2. The number of aromatic amines is 2. The molecule has 1 fully saturated rings. The lowest BCUT2D eigenvalue weighted by Gasteiger charge is -2.11. The van der Waals surface area contributed by atoms with E-state index in [1.807, 2.05) is 0 Å².